The van der Waals surface area contributed by atoms with Gasteiger partial charge in [0.15, 0.2) is 0 Å². The van der Waals surface area contributed by atoms with E-state index in [1.54, 1.807) is 0 Å². The highest BCUT2D eigenvalue weighted by atomic mass is 16.5. The Bertz CT molecular complexity index is 387. The van der Waals surface area contributed by atoms with Gasteiger partial charge in [-0.1, -0.05) is 39.3 Å². The van der Waals surface area contributed by atoms with Crippen molar-refractivity contribution in [3.63, 3.8) is 0 Å². The molecule has 0 aromatic heterocycles. The van der Waals surface area contributed by atoms with E-state index >= 15 is 0 Å². The van der Waals surface area contributed by atoms with Crippen molar-refractivity contribution in [2.24, 2.45) is 5.92 Å². The molecule has 1 aromatic carbocycles. The molecule has 2 nitrogen and oxygen atoms in total. The third-order valence-corrected chi connectivity index (χ3v) is 4.33. The van der Waals surface area contributed by atoms with Gasteiger partial charge in [-0.05, 0) is 55.8 Å². The zero-order valence-corrected chi connectivity index (χ0v) is 13.2. The summed E-state index contributed by atoms with van der Waals surface area (Å²) in [6, 6.07) is 9.14. The standard InChI is InChI=1S/C18H29NO/c1-4-18(19-5-2)15-9-11-16(12-10-15)20-17-8-6-7-14(3)13-17/h9-12,14,17-19H,4-8,13H2,1-3H3. The molecule has 1 aliphatic carbocycles. The summed E-state index contributed by atoms with van der Waals surface area (Å²) in [5.74, 6) is 1.84. The molecule has 3 atom stereocenters. The maximum atomic E-state index is 6.13. The van der Waals surface area contributed by atoms with E-state index in [0.717, 1.165) is 24.6 Å². The van der Waals surface area contributed by atoms with E-state index in [1.165, 1.54) is 31.2 Å². The van der Waals surface area contributed by atoms with Gasteiger partial charge < -0.3 is 10.1 Å². The van der Waals surface area contributed by atoms with Gasteiger partial charge >= 0.3 is 0 Å². The first kappa shape index (κ1) is 15.4. The van der Waals surface area contributed by atoms with Gasteiger partial charge in [-0.25, -0.2) is 0 Å². The van der Waals surface area contributed by atoms with Crippen molar-refractivity contribution in [1.82, 2.24) is 5.32 Å². The second-order valence-electron chi connectivity index (χ2n) is 6.10. The fourth-order valence-corrected chi connectivity index (χ4v) is 3.20. The van der Waals surface area contributed by atoms with Gasteiger partial charge in [0.05, 0.1) is 6.10 Å². The van der Waals surface area contributed by atoms with Crippen LogP contribution in [-0.2, 0) is 0 Å². The van der Waals surface area contributed by atoms with Crippen LogP contribution in [0.25, 0.3) is 0 Å². The summed E-state index contributed by atoms with van der Waals surface area (Å²) in [5, 5.41) is 3.51. The van der Waals surface area contributed by atoms with E-state index in [2.05, 4.69) is 50.4 Å². The molecule has 1 saturated carbocycles. The molecule has 20 heavy (non-hydrogen) atoms. The molecule has 0 heterocycles. The minimum absolute atomic E-state index is 0.417. The van der Waals surface area contributed by atoms with Crippen molar-refractivity contribution in [3.8, 4) is 5.75 Å². The summed E-state index contributed by atoms with van der Waals surface area (Å²) in [4.78, 5) is 0. The van der Waals surface area contributed by atoms with Gasteiger partial charge in [0, 0.05) is 6.04 Å². The summed E-state index contributed by atoms with van der Waals surface area (Å²) in [7, 11) is 0. The van der Waals surface area contributed by atoms with Crippen LogP contribution in [0.2, 0.25) is 0 Å². The van der Waals surface area contributed by atoms with E-state index in [0.29, 0.717) is 12.1 Å². The Kier molecular flexibility index (Phi) is 5.90. The van der Waals surface area contributed by atoms with Crippen LogP contribution in [0.4, 0.5) is 0 Å². The monoisotopic (exact) mass is 275 g/mol. The molecule has 1 N–H and O–H groups in total. The van der Waals surface area contributed by atoms with Crippen molar-refractivity contribution in [1.29, 1.82) is 0 Å². The zero-order chi connectivity index (χ0) is 14.4. The predicted octanol–water partition coefficient (Wildman–Crippen LogP) is 4.70. The number of hydrogen-bond donors (Lipinski definition) is 1. The molecule has 0 saturated heterocycles. The van der Waals surface area contributed by atoms with Crippen molar-refractivity contribution < 1.29 is 4.74 Å². The van der Waals surface area contributed by atoms with Crippen LogP contribution < -0.4 is 10.1 Å². The van der Waals surface area contributed by atoms with Crippen LogP contribution >= 0.6 is 0 Å². The summed E-state index contributed by atoms with van der Waals surface area (Å²) >= 11 is 0. The van der Waals surface area contributed by atoms with Crippen LogP contribution in [0.3, 0.4) is 0 Å². The van der Waals surface area contributed by atoms with E-state index < -0.39 is 0 Å². The zero-order valence-electron chi connectivity index (χ0n) is 13.2. The Morgan fingerprint density at radius 2 is 1.95 bits per heavy atom. The third-order valence-electron chi connectivity index (χ3n) is 4.33. The minimum Gasteiger partial charge on any atom is -0.490 e. The largest absolute Gasteiger partial charge is 0.490 e. The lowest BCUT2D eigenvalue weighted by Gasteiger charge is -2.27. The SMILES string of the molecule is CCNC(CC)c1ccc(OC2CCCC(C)C2)cc1. The molecule has 0 aliphatic heterocycles. The minimum atomic E-state index is 0.417. The highest BCUT2D eigenvalue weighted by Crippen LogP contribution is 2.28. The first-order valence-corrected chi connectivity index (χ1v) is 8.22. The fraction of sp³-hybridized carbons (Fsp3) is 0.667. The topological polar surface area (TPSA) is 21.3 Å². The quantitative estimate of drug-likeness (QED) is 0.812. The first-order valence-electron chi connectivity index (χ1n) is 8.22. The van der Waals surface area contributed by atoms with Gasteiger partial charge in [0.1, 0.15) is 5.75 Å². The van der Waals surface area contributed by atoms with Gasteiger partial charge in [-0.15, -0.1) is 0 Å². The average Bonchev–Trinajstić information content (AvgIpc) is 2.46. The predicted molar refractivity (Wildman–Crippen MR) is 85.2 cm³/mol. The van der Waals surface area contributed by atoms with E-state index in [4.69, 9.17) is 4.74 Å². The lowest BCUT2D eigenvalue weighted by molar-refractivity contribution is 0.129. The number of ether oxygens (including phenoxy) is 1. The maximum absolute atomic E-state index is 6.13. The summed E-state index contributed by atoms with van der Waals surface area (Å²) in [5.41, 5.74) is 1.36. The Labute approximate surface area is 123 Å². The van der Waals surface area contributed by atoms with Crippen molar-refractivity contribution in [2.45, 2.75) is 65.0 Å². The highest BCUT2D eigenvalue weighted by Gasteiger charge is 2.20. The molecule has 1 fully saturated rings. The molecule has 2 rings (SSSR count). The van der Waals surface area contributed by atoms with E-state index in [1.807, 2.05) is 0 Å². The van der Waals surface area contributed by atoms with Crippen LogP contribution in [0, 0.1) is 5.92 Å². The smallest absolute Gasteiger partial charge is 0.119 e. The Morgan fingerprint density at radius 1 is 1.20 bits per heavy atom. The molecule has 3 unspecified atom stereocenters. The average molecular weight is 275 g/mol. The molecule has 2 heteroatoms. The van der Waals surface area contributed by atoms with Gasteiger partial charge in [-0.3, -0.25) is 0 Å². The first-order chi connectivity index (χ1) is 9.72. The van der Waals surface area contributed by atoms with Crippen LogP contribution in [0.5, 0.6) is 5.75 Å². The Morgan fingerprint density at radius 3 is 2.55 bits per heavy atom. The van der Waals surface area contributed by atoms with Gasteiger partial charge in [-0.2, -0.15) is 0 Å². The Hall–Kier alpha value is -1.02. The molecule has 0 radical (unpaired) electrons. The maximum Gasteiger partial charge on any atom is 0.119 e. The Balaban J connectivity index is 1.93. The summed E-state index contributed by atoms with van der Waals surface area (Å²) in [6.07, 6.45) is 6.62. The number of benzene rings is 1. The normalized spacial score (nSPS) is 24.4. The van der Waals surface area contributed by atoms with Crippen molar-refractivity contribution in [3.05, 3.63) is 29.8 Å². The highest BCUT2D eigenvalue weighted by molar-refractivity contribution is 5.29. The molecule has 1 aromatic rings. The summed E-state index contributed by atoms with van der Waals surface area (Å²) < 4.78 is 6.13. The molecule has 0 amide bonds. The number of rotatable bonds is 6. The van der Waals surface area contributed by atoms with Gasteiger partial charge in [0.25, 0.3) is 0 Å². The fourth-order valence-electron chi connectivity index (χ4n) is 3.20. The third kappa shape index (κ3) is 4.24. The molecular weight excluding hydrogens is 246 g/mol. The molecule has 0 bridgehead atoms. The van der Waals surface area contributed by atoms with Crippen LogP contribution in [0.1, 0.15) is 64.5 Å². The van der Waals surface area contributed by atoms with Gasteiger partial charge in [0.2, 0.25) is 0 Å². The molecule has 1 aliphatic rings. The van der Waals surface area contributed by atoms with Crippen LogP contribution in [0.15, 0.2) is 24.3 Å². The second kappa shape index (κ2) is 7.68. The molecule has 0 spiro atoms. The molecule has 112 valence electrons. The van der Waals surface area contributed by atoms with Crippen molar-refractivity contribution >= 4 is 0 Å². The van der Waals surface area contributed by atoms with Crippen molar-refractivity contribution in [2.75, 3.05) is 6.54 Å². The van der Waals surface area contributed by atoms with Crippen LogP contribution in [-0.4, -0.2) is 12.6 Å². The number of hydrogen-bond acceptors (Lipinski definition) is 2. The van der Waals surface area contributed by atoms with E-state index in [-0.39, 0.29) is 0 Å². The van der Waals surface area contributed by atoms with E-state index in [9.17, 15) is 0 Å². The lowest BCUT2D eigenvalue weighted by Crippen LogP contribution is -2.24. The number of nitrogens with one attached hydrogen (secondary N) is 1. The second-order valence-corrected chi connectivity index (χ2v) is 6.10. The summed E-state index contributed by atoms with van der Waals surface area (Å²) in [6.45, 7) is 7.73. The molecular formula is C18H29NO. The lowest BCUT2D eigenvalue weighted by atomic mass is 9.89.